The van der Waals surface area contributed by atoms with Crippen molar-refractivity contribution < 1.29 is 28.4 Å². The van der Waals surface area contributed by atoms with E-state index in [0.717, 1.165) is 16.7 Å². The maximum absolute atomic E-state index is 6.47. The molecule has 0 aliphatic carbocycles. The van der Waals surface area contributed by atoms with Crippen molar-refractivity contribution >= 4 is 0 Å². The van der Waals surface area contributed by atoms with E-state index in [-0.39, 0.29) is 6.10 Å². The molecule has 37 heavy (non-hydrogen) atoms. The van der Waals surface area contributed by atoms with Gasteiger partial charge < -0.3 is 28.4 Å². The van der Waals surface area contributed by atoms with Gasteiger partial charge in [0.1, 0.15) is 24.4 Å². The Labute approximate surface area is 218 Å². The zero-order valence-corrected chi connectivity index (χ0v) is 20.9. The van der Waals surface area contributed by atoms with Gasteiger partial charge in [0.25, 0.3) is 0 Å². The van der Waals surface area contributed by atoms with E-state index < -0.39 is 24.6 Å². The minimum atomic E-state index is -0.633. The van der Waals surface area contributed by atoms with Crippen LogP contribution in [0.1, 0.15) is 16.7 Å². The van der Waals surface area contributed by atoms with Crippen molar-refractivity contribution in [2.45, 2.75) is 50.5 Å². The van der Waals surface area contributed by atoms with Gasteiger partial charge >= 0.3 is 0 Å². The molecule has 3 aromatic carbocycles. The molecule has 6 nitrogen and oxygen atoms in total. The Balaban J connectivity index is 1.32. The smallest absolute Gasteiger partial charge is 0.182 e. The number of rotatable bonds is 13. The van der Waals surface area contributed by atoms with Crippen LogP contribution < -0.4 is 0 Å². The molecule has 0 bridgehead atoms. The van der Waals surface area contributed by atoms with Crippen molar-refractivity contribution in [1.29, 1.82) is 0 Å². The maximum Gasteiger partial charge on any atom is 0.182 e. The van der Waals surface area contributed by atoms with Crippen LogP contribution in [0.5, 0.6) is 0 Å². The molecular weight excluding hydrogens is 468 g/mol. The van der Waals surface area contributed by atoms with Crippen molar-refractivity contribution in [3.8, 4) is 0 Å². The predicted octanol–water partition coefficient (Wildman–Crippen LogP) is 5.07. The number of hydrogen-bond donors (Lipinski definition) is 0. The first kappa shape index (κ1) is 25.8. The summed E-state index contributed by atoms with van der Waals surface area (Å²) in [4.78, 5) is 0. The summed E-state index contributed by atoms with van der Waals surface area (Å²) in [6, 6.07) is 30.2. The Bertz CT molecular complexity index is 1090. The Kier molecular flexibility index (Phi) is 9.14. The average molecular weight is 503 g/mol. The maximum atomic E-state index is 6.47. The zero-order chi connectivity index (χ0) is 25.3. The first-order valence-electron chi connectivity index (χ1n) is 12.8. The van der Waals surface area contributed by atoms with Crippen molar-refractivity contribution in [3.05, 3.63) is 120 Å². The van der Waals surface area contributed by atoms with Gasteiger partial charge in [0, 0.05) is 5.57 Å². The summed E-state index contributed by atoms with van der Waals surface area (Å²) in [5.74, 6) is 0. The fraction of sp³-hybridized carbons (Fsp3) is 0.355. The zero-order valence-electron chi connectivity index (χ0n) is 20.9. The van der Waals surface area contributed by atoms with E-state index in [2.05, 4.69) is 6.58 Å². The largest absolute Gasteiger partial charge is 0.374 e. The molecule has 2 aliphatic rings. The standard InChI is InChI=1S/C31H34O6/c1-23-29(34-18-25-13-7-3-8-14-25)30(35-19-26-15-9-4-10-16-26)28(37-31(23)36-21-27-20-33-27)22-32-17-24-11-5-2-6-12-24/h2-16,27-31H,1,17-22H2/t27?,28-,29-,30+,31+/m1/s1. The molecule has 5 atom stereocenters. The SMILES string of the molecule is C=C1[C@@H](OCC2CO2)O[C@H](COCc2ccccc2)[C@H](OCc2ccccc2)[C@@H]1OCc1ccccc1. The van der Waals surface area contributed by atoms with Crippen LogP contribution in [0.15, 0.2) is 103 Å². The van der Waals surface area contributed by atoms with Crippen LogP contribution in [-0.2, 0) is 48.2 Å². The molecular formula is C31H34O6. The monoisotopic (exact) mass is 502 g/mol. The van der Waals surface area contributed by atoms with Crippen molar-refractivity contribution in [2.75, 3.05) is 19.8 Å². The molecule has 0 spiro atoms. The second kappa shape index (κ2) is 13.1. The van der Waals surface area contributed by atoms with E-state index in [1.54, 1.807) is 0 Å². The number of ether oxygens (including phenoxy) is 6. The van der Waals surface area contributed by atoms with Crippen LogP contribution in [-0.4, -0.2) is 50.5 Å². The number of epoxide rings is 1. The highest BCUT2D eigenvalue weighted by Crippen LogP contribution is 2.32. The van der Waals surface area contributed by atoms with Gasteiger partial charge in [-0.05, 0) is 16.7 Å². The highest BCUT2D eigenvalue weighted by molar-refractivity contribution is 5.18. The van der Waals surface area contributed by atoms with Gasteiger partial charge in [0.15, 0.2) is 6.29 Å². The van der Waals surface area contributed by atoms with E-state index in [1.165, 1.54) is 0 Å². The van der Waals surface area contributed by atoms with Crippen molar-refractivity contribution in [2.24, 2.45) is 0 Å². The van der Waals surface area contributed by atoms with Crippen LogP contribution >= 0.6 is 0 Å². The van der Waals surface area contributed by atoms with Gasteiger partial charge in [0.2, 0.25) is 0 Å². The summed E-state index contributed by atoms with van der Waals surface area (Å²) < 4.78 is 36.8. The van der Waals surface area contributed by atoms with E-state index in [0.29, 0.717) is 45.2 Å². The Morgan fingerprint density at radius 3 is 1.78 bits per heavy atom. The average Bonchev–Trinajstić information content (AvgIpc) is 3.78. The summed E-state index contributed by atoms with van der Waals surface area (Å²) in [6.07, 6.45) is -1.80. The van der Waals surface area contributed by atoms with Gasteiger partial charge in [-0.3, -0.25) is 0 Å². The van der Waals surface area contributed by atoms with Crippen LogP contribution in [0.4, 0.5) is 0 Å². The summed E-state index contributed by atoms with van der Waals surface area (Å²) in [5.41, 5.74) is 3.95. The van der Waals surface area contributed by atoms with Gasteiger partial charge in [-0.2, -0.15) is 0 Å². The summed E-state index contributed by atoms with van der Waals surface area (Å²) in [7, 11) is 0. The fourth-order valence-electron chi connectivity index (χ4n) is 4.29. The molecule has 0 saturated carbocycles. The summed E-state index contributed by atoms with van der Waals surface area (Å²) >= 11 is 0. The molecule has 2 fully saturated rings. The Morgan fingerprint density at radius 1 is 0.676 bits per heavy atom. The quantitative estimate of drug-likeness (QED) is 0.240. The van der Waals surface area contributed by atoms with Crippen molar-refractivity contribution in [3.63, 3.8) is 0 Å². The first-order valence-corrected chi connectivity index (χ1v) is 12.8. The topological polar surface area (TPSA) is 58.7 Å². The van der Waals surface area contributed by atoms with Gasteiger partial charge in [0.05, 0.1) is 39.6 Å². The molecule has 194 valence electrons. The van der Waals surface area contributed by atoms with Gasteiger partial charge in [-0.25, -0.2) is 0 Å². The lowest BCUT2D eigenvalue weighted by atomic mass is 9.96. The second-order valence-electron chi connectivity index (χ2n) is 9.35. The normalized spacial score (nSPS) is 25.2. The van der Waals surface area contributed by atoms with Crippen LogP contribution in [0.3, 0.4) is 0 Å². The number of benzene rings is 3. The molecule has 2 aliphatic heterocycles. The second-order valence-corrected chi connectivity index (χ2v) is 9.35. The van der Waals surface area contributed by atoms with Crippen LogP contribution in [0.25, 0.3) is 0 Å². The lowest BCUT2D eigenvalue weighted by Crippen LogP contribution is -2.54. The highest BCUT2D eigenvalue weighted by atomic mass is 16.7. The predicted molar refractivity (Wildman–Crippen MR) is 140 cm³/mol. The van der Waals surface area contributed by atoms with Crippen molar-refractivity contribution in [1.82, 2.24) is 0 Å². The molecule has 2 saturated heterocycles. The van der Waals surface area contributed by atoms with Crippen LogP contribution in [0.2, 0.25) is 0 Å². The Morgan fingerprint density at radius 2 is 1.22 bits per heavy atom. The molecule has 3 aromatic rings. The fourth-order valence-corrected chi connectivity index (χ4v) is 4.29. The highest BCUT2D eigenvalue weighted by Gasteiger charge is 2.44. The third-order valence-corrected chi connectivity index (χ3v) is 6.42. The summed E-state index contributed by atoms with van der Waals surface area (Å²) in [6.45, 7) is 7.12. The first-order chi connectivity index (χ1) is 18.3. The van der Waals surface area contributed by atoms with E-state index in [9.17, 15) is 0 Å². The minimum Gasteiger partial charge on any atom is -0.374 e. The lowest BCUT2D eigenvalue weighted by Gasteiger charge is -2.42. The third-order valence-electron chi connectivity index (χ3n) is 6.42. The molecule has 0 N–H and O–H groups in total. The lowest BCUT2D eigenvalue weighted by molar-refractivity contribution is -0.249. The molecule has 5 rings (SSSR count). The number of hydrogen-bond acceptors (Lipinski definition) is 6. The molecule has 0 aromatic heterocycles. The minimum absolute atomic E-state index is 0.111. The molecule has 6 heteroatoms. The molecule has 0 radical (unpaired) electrons. The third kappa shape index (κ3) is 7.58. The van der Waals surface area contributed by atoms with Gasteiger partial charge in [-0.1, -0.05) is 97.6 Å². The summed E-state index contributed by atoms with van der Waals surface area (Å²) in [5, 5.41) is 0. The Hall–Kier alpha value is -2.84. The molecule has 2 heterocycles. The van der Waals surface area contributed by atoms with Crippen LogP contribution in [0, 0.1) is 0 Å². The van der Waals surface area contributed by atoms with E-state index in [1.807, 2.05) is 91.0 Å². The molecule has 0 amide bonds. The molecule has 1 unspecified atom stereocenters. The van der Waals surface area contributed by atoms with Gasteiger partial charge in [-0.15, -0.1) is 0 Å². The van der Waals surface area contributed by atoms with E-state index >= 15 is 0 Å². The van der Waals surface area contributed by atoms with E-state index in [4.69, 9.17) is 28.4 Å².